The molecule has 0 fully saturated rings. The Kier molecular flexibility index (Phi) is 6.06. The van der Waals surface area contributed by atoms with Gasteiger partial charge in [-0.15, -0.1) is 10.2 Å². The molecule has 1 aromatic heterocycles. The van der Waals surface area contributed by atoms with E-state index >= 15 is 0 Å². The van der Waals surface area contributed by atoms with Crippen molar-refractivity contribution in [3.8, 4) is 17.2 Å². The fourth-order valence-corrected chi connectivity index (χ4v) is 2.88. The van der Waals surface area contributed by atoms with E-state index in [-0.39, 0.29) is 19.1 Å². The number of para-hydroxylation sites is 1. The largest absolute Gasteiger partial charge is 0.489 e. The van der Waals surface area contributed by atoms with Crippen molar-refractivity contribution in [2.75, 3.05) is 0 Å². The van der Waals surface area contributed by atoms with Gasteiger partial charge < -0.3 is 13.9 Å². The van der Waals surface area contributed by atoms with Crippen LogP contribution in [0.3, 0.4) is 0 Å². The summed E-state index contributed by atoms with van der Waals surface area (Å²) in [6.45, 7) is 0.115. The van der Waals surface area contributed by atoms with Crippen molar-refractivity contribution in [1.82, 2.24) is 10.2 Å². The van der Waals surface area contributed by atoms with Crippen LogP contribution in [0.5, 0.6) is 5.75 Å². The van der Waals surface area contributed by atoms with Gasteiger partial charge >= 0.3 is 5.97 Å². The Morgan fingerprint density at radius 2 is 1.60 bits per heavy atom. The van der Waals surface area contributed by atoms with E-state index in [0.29, 0.717) is 16.5 Å². The van der Waals surface area contributed by atoms with E-state index in [1.165, 1.54) is 0 Å². The molecule has 0 spiro atoms. The van der Waals surface area contributed by atoms with Crippen molar-refractivity contribution >= 4 is 17.6 Å². The molecule has 0 saturated carbocycles. The average molecular weight is 421 g/mol. The lowest BCUT2D eigenvalue weighted by molar-refractivity contribution is 0.0435. The Labute approximate surface area is 178 Å². The zero-order valence-electron chi connectivity index (χ0n) is 15.8. The van der Waals surface area contributed by atoms with E-state index in [9.17, 15) is 4.79 Å². The smallest absolute Gasteiger partial charge is 0.339 e. The number of nitrogens with zero attached hydrogens (tertiary/aromatic N) is 2. The second-order valence-electron chi connectivity index (χ2n) is 6.34. The number of benzene rings is 3. The van der Waals surface area contributed by atoms with Crippen LogP contribution >= 0.6 is 11.6 Å². The molecular weight excluding hydrogens is 404 g/mol. The van der Waals surface area contributed by atoms with Gasteiger partial charge in [-0.2, -0.15) is 0 Å². The van der Waals surface area contributed by atoms with E-state index < -0.39 is 5.97 Å². The number of aromatic nitrogens is 2. The third-order valence-electron chi connectivity index (χ3n) is 4.26. The monoisotopic (exact) mass is 420 g/mol. The molecule has 6 nitrogen and oxygen atoms in total. The van der Waals surface area contributed by atoms with E-state index in [1.54, 1.807) is 36.4 Å². The number of halogens is 1. The number of carbonyl (C=O) groups excluding carboxylic acids is 1. The molecule has 0 amide bonds. The average Bonchev–Trinajstić information content (AvgIpc) is 3.26. The summed E-state index contributed by atoms with van der Waals surface area (Å²) in [5.74, 6) is 0.760. The van der Waals surface area contributed by atoms with Crippen LogP contribution in [0.25, 0.3) is 11.5 Å². The molecule has 0 N–H and O–H groups in total. The summed E-state index contributed by atoms with van der Waals surface area (Å²) < 4.78 is 16.7. The molecule has 30 heavy (non-hydrogen) atoms. The summed E-state index contributed by atoms with van der Waals surface area (Å²) >= 11 is 5.88. The van der Waals surface area contributed by atoms with Crippen molar-refractivity contribution in [2.45, 2.75) is 13.2 Å². The Hall–Kier alpha value is -3.64. The fourth-order valence-electron chi connectivity index (χ4n) is 2.75. The number of esters is 1. The van der Waals surface area contributed by atoms with Crippen molar-refractivity contribution in [3.63, 3.8) is 0 Å². The number of ether oxygens (including phenoxy) is 2. The van der Waals surface area contributed by atoms with Crippen LogP contribution < -0.4 is 4.74 Å². The summed E-state index contributed by atoms with van der Waals surface area (Å²) in [7, 11) is 0. The van der Waals surface area contributed by atoms with E-state index in [0.717, 1.165) is 16.9 Å². The number of hydrogen-bond acceptors (Lipinski definition) is 6. The molecular formula is C23H17ClN2O4. The van der Waals surface area contributed by atoms with Crippen molar-refractivity contribution < 1.29 is 18.7 Å². The lowest BCUT2D eigenvalue weighted by Crippen LogP contribution is -2.10. The van der Waals surface area contributed by atoms with Gasteiger partial charge in [0.1, 0.15) is 12.4 Å². The van der Waals surface area contributed by atoms with Crippen LogP contribution in [-0.2, 0) is 18.0 Å². The Balaban J connectivity index is 1.39. The summed E-state index contributed by atoms with van der Waals surface area (Å²) in [5.41, 5.74) is 1.87. The SMILES string of the molecule is O=C(OCc1nnc(-c2ccc(Cl)cc2)o1)c1ccccc1COc1ccccc1. The number of carbonyl (C=O) groups is 1. The maximum absolute atomic E-state index is 12.6. The summed E-state index contributed by atoms with van der Waals surface area (Å²) in [6.07, 6.45) is 0. The van der Waals surface area contributed by atoms with Crippen LogP contribution in [-0.4, -0.2) is 16.2 Å². The first-order valence-electron chi connectivity index (χ1n) is 9.20. The zero-order chi connectivity index (χ0) is 20.8. The quantitative estimate of drug-likeness (QED) is 0.376. The molecule has 0 atom stereocenters. The van der Waals surface area contributed by atoms with Gasteiger partial charge in [0, 0.05) is 16.1 Å². The predicted octanol–water partition coefficient (Wildman–Crippen LogP) is 5.33. The molecule has 3 aromatic carbocycles. The highest BCUT2D eigenvalue weighted by molar-refractivity contribution is 6.30. The van der Waals surface area contributed by atoms with Gasteiger partial charge in [-0.05, 0) is 42.5 Å². The van der Waals surface area contributed by atoms with E-state index in [1.807, 2.05) is 42.5 Å². The molecule has 7 heteroatoms. The van der Waals surface area contributed by atoms with Gasteiger partial charge in [0.15, 0.2) is 6.61 Å². The third-order valence-corrected chi connectivity index (χ3v) is 4.51. The van der Waals surface area contributed by atoms with Gasteiger partial charge in [0.05, 0.1) is 5.56 Å². The van der Waals surface area contributed by atoms with Crippen molar-refractivity contribution in [1.29, 1.82) is 0 Å². The molecule has 0 saturated heterocycles. The Bertz CT molecular complexity index is 1130. The highest BCUT2D eigenvalue weighted by Crippen LogP contribution is 2.21. The molecule has 1 heterocycles. The molecule has 4 rings (SSSR count). The standard InChI is InChI=1S/C23H17ClN2O4/c24-18-12-10-16(11-13-18)22-26-25-21(30-22)15-29-23(27)20-9-5-4-6-17(20)14-28-19-7-2-1-3-8-19/h1-13H,14-15H2. The first kappa shape index (κ1) is 19.7. The van der Waals surface area contributed by atoms with Crippen LogP contribution in [0.4, 0.5) is 0 Å². The van der Waals surface area contributed by atoms with E-state index in [4.69, 9.17) is 25.5 Å². The Morgan fingerprint density at radius 1 is 0.867 bits per heavy atom. The van der Waals surface area contributed by atoms with Crippen molar-refractivity contribution in [2.24, 2.45) is 0 Å². The lowest BCUT2D eigenvalue weighted by atomic mass is 10.1. The van der Waals surface area contributed by atoms with Crippen LogP contribution in [0.1, 0.15) is 21.8 Å². The zero-order valence-corrected chi connectivity index (χ0v) is 16.6. The van der Waals surface area contributed by atoms with Gasteiger partial charge in [0.25, 0.3) is 5.89 Å². The predicted molar refractivity (Wildman–Crippen MR) is 111 cm³/mol. The van der Waals surface area contributed by atoms with Gasteiger partial charge in [-0.3, -0.25) is 0 Å². The second kappa shape index (κ2) is 9.24. The van der Waals surface area contributed by atoms with Gasteiger partial charge in [-0.25, -0.2) is 4.79 Å². The summed E-state index contributed by atoms with van der Waals surface area (Å²) in [4.78, 5) is 12.6. The minimum atomic E-state index is -0.492. The van der Waals surface area contributed by atoms with Crippen LogP contribution in [0, 0.1) is 0 Å². The Morgan fingerprint density at radius 3 is 2.40 bits per heavy atom. The summed E-state index contributed by atoms with van der Waals surface area (Å²) in [5, 5.41) is 8.52. The summed E-state index contributed by atoms with van der Waals surface area (Å²) in [6, 6.07) is 23.5. The highest BCUT2D eigenvalue weighted by atomic mass is 35.5. The third kappa shape index (κ3) is 4.85. The minimum Gasteiger partial charge on any atom is -0.489 e. The molecule has 0 aliphatic rings. The first-order valence-corrected chi connectivity index (χ1v) is 9.58. The van der Waals surface area contributed by atoms with Crippen LogP contribution in [0.2, 0.25) is 5.02 Å². The molecule has 0 radical (unpaired) electrons. The van der Waals surface area contributed by atoms with Crippen LogP contribution in [0.15, 0.2) is 83.3 Å². The normalized spacial score (nSPS) is 10.6. The molecule has 0 unspecified atom stereocenters. The number of hydrogen-bond donors (Lipinski definition) is 0. The molecule has 0 aliphatic heterocycles. The maximum Gasteiger partial charge on any atom is 0.339 e. The highest BCUT2D eigenvalue weighted by Gasteiger charge is 2.15. The molecule has 4 aromatic rings. The van der Waals surface area contributed by atoms with E-state index in [2.05, 4.69) is 10.2 Å². The molecule has 0 aliphatic carbocycles. The first-order chi connectivity index (χ1) is 14.7. The number of rotatable bonds is 7. The maximum atomic E-state index is 12.6. The minimum absolute atomic E-state index is 0.132. The fraction of sp³-hybridized carbons (Fsp3) is 0.0870. The molecule has 0 bridgehead atoms. The topological polar surface area (TPSA) is 74.5 Å². The van der Waals surface area contributed by atoms with Gasteiger partial charge in [0.2, 0.25) is 5.89 Å². The van der Waals surface area contributed by atoms with Crippen molar-refractivity contribution in [3.05, 3.63) is 101 Å². The lowest BCUT2D eigenvalue weighted by Gasteiger charge is -2.10. The van der Waals surface area contributed by atoms with Gasteiger partial charge in [-0.1, -0.05) is 48.0 Å². The molecule has 150 valence electrons. The second-order valence-corrected chi connectivity index (χ2v) is 6.78.